The van der Waals surface area contributed by atoms with Crippen molar-refractivity contribution in [2.24, 2.45) is 0 Å². The maximum absolute atomic E-state index is 6.14. The van der Waals surface area contributed by atoms with Crippen molar-refractivity contribution in [2.45, 2.75) is 18.1 Å². The Bertz CT molecular complexity index is 445. The van der Waals surface area contributed by atoms with Crippen molar-refractivity contribution in [3.8, 4) is 0 Å². The minimum atomic E-state index is -0.0606. The Morgan fingerprint density at radius 2 is 2.12 bits per heavy atom. The van der Waals surface area contributed by atoms with Crippen LogP contribution >= 0.6 is 0 Å². The van der Waals surface area contributed by atoms with Gasteiger partial charge in [-0.1, -0.05) is 0 Å². The molecule has 2 atom stereocenters. The molecule has 3 radical (unpaired) electrons. The Labute approximate surface area is 116 Å². The predicted molar refractivity (Wildman–Crippen MR) is 69.0 cm³/mol. The molecule has 87 valence electrons. The standard InChI is InChI=1S/C14H16NO.Sn/c1-15-10-9-14(8-5-11-16-14)13(15)12-6-3-2-4-7-12;/h2-4,6-8,13H,9-11H2,1H3;/t13-,14-;/m0./s1. The van der Waals surface area contributed by atoms with Crippen LogP contribution < -0.4 is 0 Å². The second-order valence-electron chi connectivity index (χ2n) is 4.96. The summed E-state index contributed by atoms with van der Waals surface area (Å²) in [5, 5.41) is 0. The van der Waals surface area contributed by atoms with Gasteiger partial charge in [0, 0.05) is 0 Å². The third kappa shape index (κ3) is 1.96. The molecule has 1 aromatic carbocycles. The number of ether oxygens (including phenoxy) is 1. The van der Waals surface area contributed by atoms with E-state index >= 15 is 0 Å². The van der Waals surface area contributed by atoms with Crippen LogP contribution in [0.25, 0.3) is 0 Å². The fourth-order valence-corrected chi connectivity index (χ4v) is 3.96. The van der Waals surface area contributed by atoms with E-state index in [0.29, 0.717) is 6.04 Å². The predicted octanol–water partition coefficient (Wildman–Crippen LogP) is 1.88. The zero-order valence-corrected chi connectivity index (χ0v) is 12.9. The number of hydrogen-bond acceptors (Lipinski definition) is 2. The Kier molecular flexibility index (Phi) is 3.05. The van der Waals surface area contributed by atoms with Gasteiger partial charge in [0.05, 0.1) is 0 Å². The third-order valence-electron chi connectivity index (χ3n) is 3.79. The fourth-order valence-electron chi connectivity index (χ4n) is 3.05. The van der Waals surface area contributed by atoms with Crippen LogP contribution in [0.1, 0.15) is 18.0 Å². The minimum absolute atomic E-state index is 0.0606. The number of likely N-dealkylation sites (tertiary alicyclic amines) is 1. The first kappa shape index (κ1) is 11.8. The molecule has 1 aromatic rings. The summed E-state index contributed by atoms with van der Waals surface area (Å²) in [6.45, 7) is 1.94. The van der Waals surface area contributed by atoms with Crippen molar-refractivity contribution in [3.05, 3.63) is 45.6 Å². The Morgan fingerprint density at radius 3 is 2.76 bits per heavy atom. The summed E-state index contributed by atoms with van der Waals surface area (Å²) in [4.78, 5) is 2.42. The van der Waals surface area contributed by atoms with E-state index in [9.17, 15) is 0 Å². The first-order chi connectivity index (χ1) is 8.21. The van der Waals surface area contributed by atoms with Gasteiger partial charge in [0.15, 0.2) is 0 Å². The van der Waals surface area contributed by atoms with E-state index in [4.69, 9.17) is 4.74 Å². The number of rotatable bonds is 1. The second kappa shape index (κ2) is 4.41. The van der Waals surface area contributed by atoms with Crippen molar-refractivity contribution in [2.75, 3.05) is 20.2 Å². The van der Waals surface area contributed by atoms with Crippen LogP contribution in [0.3, 0.4) is 0 Å². The quantitative estimate of drug-likeness (QED) is 0.728. The molecule has 3 heteroatoms. The first-order valence-corrected chi connectivity index (χ1v) is 7.46. The molecule has 0 saturated carbocycles. The van der Waals surface area contributed by atoms with Crippen molar-refractivity contribution < 1.29 is 4.74 Å². The molecule has 1 saturated heterocycles. The molecule has 17 heavy (non-hydrogen) atoms. The van der Waals surface area contributed by atoms with Crippen LogP contribution in [0.15, 0.2) is 40.0 Å². The number of benzene rings is 1. The van der Waals surface area contributed by atoms with Gasteiger partial charge in [-0.2, -0.15) is 0 Å². The van der Waals surface area contributed by atoms with E-state index in [-0.39, 0.29) is 5.60 Å². The molecule has 1 fully saturated rings. The summed E-state index contributed by atoms with van der Waals surface area (Å²) in [5.41, 5.74) is 1.31. The molecule has 0 aromatic heterocycles. The molecule has 0 amide bonds. The molecule has 2 nitrogen and oxygen atoms in total. The van der Waals surface area contributed by atoms with Crippen molar-refractivity contribution in [1.82, 2.24) is 4.90 Å². The SMILES string of the molecule is CN1CC[C@@]2(C=[C]([Sn])CO2)[C@@H]1c1ccccc1. The molecular weight excluding hydrogens is 317 g/mol. The first-order valence-electron chi connectivity index (χ1n) is 6.04. The number of likely N-dealkylation sites (N-methyl/N-ethyl adjacent to an activating group) is 1. The molecule has 0 bridgehead atoms. The Balaban J connectivity index is 2.01. The number of hydrogen-bond donors (Lipinski definition) is 0. The summed E-state index contributed by atoms with van der Waals surface area (Å²) in [5.74, 6) is 0. The van der Waals surface area contributed by atoms with E-state index in [1.807, 2.05) is 0 Å². The van der Waals surface area contributed by atoms with E-state index in [1.165, 1.54) is 31.7 Å². The molecular formula is C14H16NOSn. The molecule has 0 aliphatic carbocycles. The Morgan fingerprint density at radius 1 is 1.35 bits per heavy atom. The monoisotopic (exact) mass is 334 g/mol. The van der Waals surface area contributed by atoms with E-state index in [2.05, 4.69) is 48.4 Å². The fraction of sp³-hybridized carbons (Fsp3) is 0.429. The van der Waals surface area contributed by atoms with Gasteiger partial charge in [-0.05, 0) is 0 Å². The molecule has 2 aliphatic rings. The summed E-state index contributed by atoms with van der Waals surface area (Å²) in [6.07, 6.45) is 3.49. The molecule has 0 unspecified atom stereocenters. The van der Waals surface area contributed by atoms with Crippen LogP contribution in [0.4, 0.5) is 0 Å². The van der Waals surface area contributed by atoms with Gasteiger partial charge >= 0.3 is 116 Å². The van der Waals surface area contributed by atoms with E-state index < -0.39 is 0 Å². The summed E-state index contributed by atoms with van der Waals surface area (Å²) >= 11 is 1.49. The summed E-state index contributed by atoms with van der Waals surface area (Å²) < 4.78 is 7.59. The van der Waals surface area contributed by atoms with Gasteiger partial charge in [0.25, 0.3) is 0 Å². The van der Waals surface area contributed by atoms with Crippen LogP contribution in [-0.4, -0.2) is 53.2 Å². The molecule has 1 spiro atoms. The molecule has 2 aliphatic heterocycles. The van der Waals surface area contributed by atoms with Crippen molar-refractivity contribution in [3.63, 3.8) is 0 Å². The molecule has 0 N–H and O–H groups in total. The van der Waals surface area contributed by atoms with E-state index in [0.717, 1.165) is 19.6 Å². The normalized spacial score (nSPS) is 33.3. The number of nitrogens with zero attached hydrogens (tertiary/aromatic N) is 1. The van der Waals surface area contributed by atoms with Crippen molar-refractivity contribution >= 4 is 22.5 Å². The topological polar surface area (TPSA) is 12.5 Å². The molecule has 2 heterocycles. The van der Waals surface area contributed by atoms with Gasteiger partial charge in [-0.25, -0.2) is 0 Å². The van der Waals surface area contributed by atoms with Gasteiger partial charge in [0.2, 0.25) is 0 Å². The van der Waals surface area contributed by atoms with Crippen molar-refractivity contribution in [1.29, 1.82) is 0 Å². The van der Waals surface area contributed by atoms with Gasteiger partial charge in [0.1, 0.15) is 0 Å². The molecule has 3 rings (SSSR count). The Hall–Kier alpha value is -0.321. The maximum atomic E-state index is 6.14. The summed E-state index contributed by atoms with van der Waals surface area (Å²) in [6, 6.07) is 11.1. The van der Waals surface area contributed by atoms with Gasteiger partial charge < -0.3 is 0 Å². The van der Waals surface area contributed by atoms with Gasteiger partial charge in [-0.15, -0.1) is 0 Å². The van der Waals surface area contributed by atoms with Gasteiger partial charge in [-0.3, -0.25) is 0 Å². The van der Waals surface area contributed by atoms with Crippen LogP contribution in [-0.2, 0) is 4.74 Å². The zero-order chi connectivity index (χ0) is 11.9. The van der Waals surface area contributed by atoms with Crippen LogP contribution in [0, 0.1) is 0 Å². The second-order valence-corrected chi connectivity index (χ2v) is 6.79. The zero-order valence-electron chi connectivity index (χ0n) is 10.0. The third-order valence-corrected chi connectivity index (χ3v) is 4.61. The average Bonchev–Trinajstić information content (AvgIpc) is 2.85. The average molecular weight is 333 g/mol. The summed E-state index contributed by atoms with van der Waals surface area (Å²) in [7, 11) is 2.20. The van der Waals surface area contributed by atoms with Crippen LogP contribution in [0.5, 0.6) is 0 Å². The van der Waals surface area contributed by atoms with Crippen LogP contribution in [0.2, 0.25) is 0 Å². The van der Waals surface area contributed by atoms with E-state index in [1.54, 1.807) is 0 Å².